The maximum absolute atomic E-state index is 12.0. The maximum atomic E-state index is 12.0. The summed E-state index contributed by atoms with van der Waals surface area (Å²) in [6.07, 6.45) is 2.77. The molecule has 1 heterocycles. The van der Waals surface area contributed by atoms with E-state index < -0.39 is 0 Å². The summed E-state index contributed by atoms with van der Waals surface area (Å²) in [6, 6.07) is 8.22. The second-order valence-electron chi connectivity index (χ2n) is 5.40. The Morgan fingerprint density at radius 2 is 1.76 bits per heavy atom. The molecule has 1 amide bonds. The summed E-state index contributed by atoms with van der Waals surface area (Å²) in [6.45, 7) is 8.28. The first-order chi connectivity index (χ1) is 10.2. The largest absolute Gasteiger partial charge is 0.494 e. The van der Waals surface area contributed by atoms with Gasteiger partial charge in [0, 0.05) is 38.3 Å². The molecule has 0 spiro atoms. The molecule has 1 aromatic rings. The number of ether oxygens (including phenoxy) is 1. The molecule has 1 fully saturated rings. The maximum Gasteiger partial charge on any atom is 0.222 e. The van der Waals surface area contributed by atoms with Gasteiger partial charge in [-0.05, 0) is 37.6 Å². The fourth-order valence-corrected chi connectivity index (χ4v) is 2.62. The quantitative estimate of drug-likeness (QED) is 0.807. The normalized spacial score (nSPS) is 15.1. The third-order valence-corrected chi connectivity index (χ3v) is 3.89. The molecule has 21 heavy (non-hydrogen) atoms. The molecular weight excluding hydrogens is 264 g/mol. The molecule has 0 radical (unpaired) electrons. The fourth-order valence-electron chi connectivity index (χ4n) is 2.62. The van der Waals surface area contributed by atoms with Gasteiger partial charge < -0.3 is 14.5 Å². The lowest BCUT2D eigenvalue weighted by Crippen LogP contribution is -2.48. The summed E-state index contributed by atoms with van der Waals surface area (Å²) >= 11 is 0. The molecule has 0 N–H and O–H groups in total. The molecule has 4 heteroatoms. The number of carbonyl (C=O) groups excluding carboxylic acids is 1. The summed E-state index contributed by atoms with van der Waals surface area (Å²) in [5.74, 6) is 1.22. The Morgan fingerprint density at radius 3 is 2.33 bits per heavy atom. The van der Waals surface area contributed by atoms with Crippen LogP contribution in [0.5, 0.6) is 5.75 Å². The predicted octanol–water partition coefficient (Wildman–Crippen LogP) is 2.92. The summed E-state index contributed by atoms with van der Waals surface area (Å²) in [7, 11) is 0. The molecule has 1 aliphatic rings. The van der Waals surface area contributed by atoms with Crippen molar-refractivity contribution < 1.29 is 9.53 Å². The minimum absolute atomic E-state index is 0.309. The van der Waals surface area contributed by atoms with Crippen molar-refractivity contribution in [3.63, 3.8) is 0 Å². The van der Waals surface area contributed by atoms with Crippen LogP contribution in [0.3, 0.4) is 0 Å². The van der Waals surface area contributed by atoms with Gasteiger partial charge in [0.15, 0.2) is 0 Å². The average Bonchev–Trinajstić information content (AvgIpc) is 2.54. The lowest BCUT2D eigenvalue weighted by atomic mass is 10.2. The van der Waals surface area contributed by atoms with Gasteiger partial charge in [-0.15, -0.1) is 0 Å². The third kappa shape index (κ3) is 4.38. The Balaban J connectivity index is 1.84. The number of unbranched alkanes of at least 4 members (excludes halogenated alkanes) is 1. The summed E-state index contributed by atoms with van der Waals surface area (Å²) in [4.78, 5) is 16.3. The molecule has 0 aromatic heterocycles. The standard InChI is InChI=1S/C17H26N2O2/c1-3-5-6-17(20)19-13-11-18(12-14-19)15-7-9-16(10-8-15)21-4-2/h7-10H,3-6,11-14H2,1-2H3. The van der Waals surface area contributed by atoms with E-state index in [1.54, 1.807) is 0 Å². The Morgan fingerprint density at radius 1 is 1.10 bits per heavy atom. The van der Waals surface area contributed by atoms with Crippen molar-refractivity contribution in [3.05, 3.63) is 24.3 Å². The van der Waals surface area contributed by atoms with Crippen LogP contribution in [0.25, 0.3) is 0 Å². The lowest BCUT2D eigenvalue weighted by molar-refractivity contribution is -0.131. The van der Waals surface area contributed by atoms with E-state index in [2.05, 4.69) is 24.0 Å². The fraction of sp³-hybridized carbons (Fsp3) is 0.588. The van der Waals surface area contributed by atoms with Crippen molar-refractivity contribution in [3.8, 4) is 5.75 Å². The molecule has 2 rings (SSSR count). The SMILES string of the molecule is CCCCC(=O)N1CCN(c2ccc(OCC)cc2)CC1. The molecule has 4 nitrogen and oxygen atoms in total. The van der Waals surface area contributed by atoms with E-state index in [1.807, 2.05) is 24.0 Å². The van der Waals surface area contributed by atoms with E-state index in [0.717, 1.165) is 44.8 Å². The molecule has 1 saturated heterocycles. The van der Waals surface area contributed by atoms with Crippen LogP contribution in [0.15, 0.2) is 24.3 Å². The van der Waals surface area contributed by atoms with E-state index in [0.29, 0.717) is 18.9 Å². The predicted molar refractivity (Wildman–Crippen MR) is 85.9 cm³/mol. The molecule has 0 unspecified atom stereocenters. The van der Waals surface area contributed by atoms with Crippen molar-refractivity contribution >= 4 is 11.6 Å². The Bertz CT molecular complexity index is 437. The van der Waals surface area contributed by atoms with Gasteiger partial charge in [-0.25, -0.2) is 0 Å². The van der Waals surface area contributed by atoms with E-state index in [1.165, 1.54) is 5.69 Å². The number of rotatable bonds is 6. The Kier molecular flexibility index (Phi) is 5.90. The summed E-state index contributed by atoms with van der Waals surface area (Å²) in [5.41, 5.74) is 1.21. The zero-order valence-electron chi connectivity index (χ0n) is 13.2. The van der Waals surface area contributed by atoms with Crippen LogP contribution >= 0.6 is 0 Å². The van der Waals surface area contributed by atoms with E-state index >= 15 is 0 Å². The highest BCUT2D eigenvalue weighted by atomic mass is 16.5. The van der Waals surface area contributed by atoms with Crippen LogP contribution in [0.4, 0.5) is 5.69 Å². The highest BCUT2D eigenvalue weighted by molar-refractivity contribution is 5.76. The molecule has 0 aliphatic carbocycles. The average molecular weight is 290 g/mol. The lowest BCUT2D eigenvalue weighted by Gasteiger charge is -2.36. The van der Waals surface area contributed by atoms with Crippen LogP contribution < -0.4 is 9.64 Å². The van der Waals surface area contributed by atoms with Crippen LogP contribution in [0.1, 0.15) is 33.1 Å². The number of hydrogen-bond acceptors (Lipinski definition) is 3. The Labute approximate surface area is 127 Å². The molecule has 0 bridgehead atoms. The molecular formula is C17H26N2O2. The topological polar surface area (TPSA) is 32.8 Å². The highest BCUT2D eigenvalue weighted by Crippen LogP contribution is 2.21. The van der Waals surface area contributed by atoms with Crippen LogP contribution in [0, 0.1) is 0 Å². The van der Waals surface area contributed by atoms with Crippen molar-refractivity contribution in [2.45, 2.75) is 33.1 Å². The minimum atomic E-state index is 0.309. The number of piperazine rings is 1. The number of benzene rings is 1. The van der Waals surface area contributed by atoms with Gasteiger partial charge in [0.25, 0.3) is 0 Å². The molecule has 0 saturated carbocycles. The van der Waals surface area contributed by atoms with Gasteiger partial charge in [-0.2, -0.15) is 0 Å². The van der Waals surface area contributed by atoms with Crippen molar-refractivity contribution in [1.82, 2.24) is 4.90 Å². The molecule has 1 aromatic carbocycles. The second-order valence-corrected chi connectivity index (χ2v) is 5.40. The first-order valence-corrected chi connectivity index (χ1v) is 8.00. The van der Waals surface area contributed by atoms with E-state index in [-0.39, 0.29) is 0 Å². The Hall–Kier alpha value is -1.71. The minimum Gasteiger partial charge on any atom is -0.494 e. The van der Waals surface area contributed by atoms with Crippen LogP contribution in [0.2, 0.25) is 0 Å². The van der Waals surface area contributed by atoms with E-state index in [4.69, 9.17) is 4.74 Å². The van der Waals surface area contributed by atoms with Crippen molar-refractivity contribution in [1.29, 1.82) is 0 Å². The summed E-state index contributed by atoms with van der Waals surface area (Å²) in [5, 5.41) is 0. The second kappa shape index (κ2) is 7.91. The van der Waals surface area contributed by atoms with Crippen molar-refractivity contribution in [2.24, 2.45) is 0 Å². The molecule has 116 valence electrons. The van der Waals surface area contributed by atoms with Gasteiger partial charge in [-0.3, -0.25) is 4.79 Å². The van der Waals surface area contributed by atoms with Crippen LogP contribution in [-0.2, 0) is 4.79 Å². The summed E-state index contributed by atoms with van der Waals surface area (Å²) < 4.78 is 5.46. The zero-order valence-corrected chi connectivity index (χ0v) is 13.2. The number of amides is 1. The molecule has 0 atom stereocenters. The first-order valence-electron chi connectivity index (χ1n) is 8.00. The smallest absolute Gasteiger partial charge is 0.222 e. The van der Waals surface area contributed by atoms with E-state index in [9.17, 15) is 4.79 Å². The third-order valence-electron chi connectivity index (χ3n) is 3.89. The van der Waals surface area contributed by atoms with Gasteiger partial charge in [0.1, 0.15) is 5.75 Å². The molecule has 1 aliphatic heterocycles. The number of nitrogens with zero attached hydrogens (tertiary/aromatic N) is 2. The number of anilines is 1. The first kappa shape index (κ1) is 15.7. The van der Waals surface area contributed by atoms with Crippen molar-refractivity contribution in [2.75, 3.05) is 37.7 Å². The van der Waals surface area contributed by atoms with Gasteiger partial charge in [0.05, 0.1) is 6.61 Å². The van der Waals surface area contributed by atoms with Gasteiger partial charge in [-0.1, -0.05) is 13.3 Å². The van der Waals surface area contributed by atoms with Crippen LogP contribution in [-0.4, -0.2) is 43.6 Å². The number of carbonyl (C=O) groups is 1. The van der Waals surface area contributed by atoms with Gasteiger partial charge in [0.2, 0.25) is 5.91 Å². The monoisotopic (exact) mass is 290 g/mol. The van der Waals surface area contributed by atoms with Gasteiger partial charge >= 0.3 is 0 Å². The zero-order chi connectivity index (χ0) is 15.1. The highest BCUT2D eigenvalue weighted by Gasteiger charge is 2.20. The number of hydrogen-bond donors (Lipinski definition) is 0.